The number of allylic oxidation sites excluding steroid dienone is 1. The second-order valence-electron chi connectivity index (χ2n) is 2.84. The van der Waals surface area contributed by atoms with Gasteiger partial charge in [0, 0.05) is 0 Å². The van der Waals surface area contributed by atoms with E-state index >= 15 is 0 Å². The Bertz CT molecular complexity index is 257. The van der Waals surface area contributed by atoms with E-state index < -0.39 is 0 Å². The number of nitrogens with zero attached hydrogens (tertiary/aromatic N) is 2. The number of rotatable bonds is 6. The molecule has 13 heavy (non-hydrogen) atoms. The van der Waals surface area contributed by atoms with Crippen LogP contribution in [0.3, 0.4) is 0 Å². The minimum atomic E-state index is 0.649. The van der Waals surface area contributed by atoms with Gasteiger partial charge in [-0.15, -0.1) is 6.58 Å². The number of hydrogen-bond acceptors (Lipinski definition) is 4. The molecule has 0 aliphatic rings. The van der Waals surface area contributed by atoms with Gasteiger partial charge in [0.05, 0.1) is 6.54 Å². The maximum atomic E-state index is 4.93. The summed E-state index contributed by atoms with van der Waals surface area (Å²) in [6.45, 7) is 7.06. The minimum absolute atomic E-state index is 0.649. The molecule has 4 heteroatoms. The average molecular weight is 181 g/mol. The van der Waals surface area contributed by atoms with Crippen molar-refractivity contribution in [1.82, 2.24) is 15.5 Å². The van der Waals surface area contributed by atoms with E-state index in [0.29, 0.717) is 18.3 Å². The molecule has 1 aromatic rings. The molecule has 72 valence electrons. The lowest BCUT2D eigenvalue weighted by atomic mass is 10.3. The van der Waals surface area contributed by atoms with Crippen molar-refractivity contribution in [3.8, 4) is 0 Å². The van der Waals surface area contributed by atoms with Gasteiger partial charge in [0.25, 0.3) is 0 Å². The van der Waals surface area contributed by atoms with Crippen molar-refractivity contribution < 1.29 is 4.52 Å². The molecule has 0 amide bonds. The zero-order valence-corrected chi connectivity index (χ0v) is 7.92. The van der Waals surface area contributed by atoms with Crippen molar-refractivity contribution in [2.75, 3.05) is 6.54 Å². The van der Waals surface area contributed by atoms with Crippen molar-refractivity contribution in [1.29, 1.82) is 0 Å². The molecule has 0 unspecified atom stereocenters. The van der Waals surface area contributed by atoms with Crippen LogP contribution in [0.5, 0.6) is 0 Å². The summed E-state index contributed by atoms with van der Waals surface area (Å²) in [5, 5.41) is 6.90. The molecule has 0 atom stereocenters. The third kappa shape index (κ3) is 3.85. The van der Waals surface area contributed by atoms with E-state index in [-0.39, 0.29) is 0 Å². The van der Waals surface area contributed by atoms with Gasteiger partial charge in [-0.25, -0.2) is 0 Å². The molecule has 0 fully saturated rings. The Labute approximate surface area is 78.0 Å². The molecule has 4 nitrogen and oxygen atoms in total. The fraction of sp³-hybridized carbons (Fsp3) is 0.556. The van der Waals surface area contributed by atoms with Crippen molar-refractivity contribution >= 4 is 0 Å². The second-order valence-corrected chi connectivity index (χ2v) is 2.84. The maximum absolute atomic E-state index is 4.93. The zero-order chi connectivity index (χ0) is 9.52. The van der Waals surface area contributed by atoms with Crippen molar-refractivity contribution in [2.24, 2.45) is 0 Å². The Morgan fingerprint density at radius 1 is 1.62 bits per heavy atom. The summed E-state index contributed by atoms with van der Waals surface area (Å²) < 4.78 is 4.93. The van der Waals surface area contributed by atoms with E-state index in [9.17, 15) is 0 Å². The quantitative estimate of drug-likeness (QED) is 0.533. The van der Waals surface area contributed by atoms with Crippen LogP contribution in [-0.4, -0.2) is 16.7 Å². The summed E-state index contributed by atoms with van der Waals surface area (Å²) in [7, 11) is 0. The maximum Gasteiger partial charge on any atom is 0.240 e. The summed E-state index contributed by atoms with van der Waals surface area (Å²) in [6, 6.07) is 0. The van der Waals surface area contributed by atoms with Gasteiger partial charge in [-0.1, -0.05) is 11.2 Å². The van der Waals surface area contributed by atoms with E-state index in [1.54, 1.807) is 0 Å². The summed E-state index contributed by atoms with van der Waals surface area (Å²) in [5.74, 6) is 1.33. The minimum Gasteiger partial charge on any atom is -0.338 e. The van der Waals surface area contributed by atoms with Crippen LogP contribution < -0.4 is 5.32 Å². The molecule has 0 aliphatic heterocycles. The van der Waals surface area contributed by atoms with Crippen LogP contribution in [0.1, 0.15) is 24.6 Å². The highest BCUT2D eigenvalue weighted by Crippen LogP contribution is 1.94. The lowest BCUT2D eigenvalue weighted by Gasteiger charge is -1.98. The van der Waals surface area contributed by atoms with Crippen molar-refractivity contribution in [3.05, 3.63) is 24.4 Å². The second kappa shape index (κ2) is 5.48. The Balaban J connectivity index is 2.09. The van der Waals surface area contributed by atoms with Crippen LogP contribution in [0.2, 0.25) is 0 Å². The number of nitrogens with one attached hydrogen (secondary N) is 1. The Hall–Kier alpha value is -1.16. The third-order valence-electron chi connectivity index (χ3n) is 1.61. The van der Waals surface area contributed by atoms with Gasteiger partial charge in [-0.05, 0) is 26.3 Å². The lowest BCUT2D eigenvalue weighted by molar-refractivity contribution is 0.364. The Morgan fingerprint density at radius 3 is 3.08 bits per heavy atom. The highest BCUT2D eigenvalue weighted by Gasteiger charge is 1.99. The Kier molecular flexibility index (Phi) is 4.18. The normalized spacial score (nSPS) is 10.2. The first-order valence-electron chi connectivity index (χ1n) is 4.43. The largest absolute Gasteiger partial charge is 0.338 e. The third-order valence-corrected chi connectivity index (χ3v) is 1.61. The number of hydrogen-bond donors (Lipinski definition) is 1. The monoisotopic (exact) mass is 181 g/mol. The van der Waals surface area contributed by atoms with Crippen LogP contribution >= 0.6 is 0 Å². The lowest BCUT2D eigenvalue weighted by Crippen LogP contribution is -2.14. The van der Waals surface area contributed by atoms with Crippen molar-refractivity contribution in [2.45, 2.75) is 26.3 Å². The van der Waals surface area contributed by atoms with Crippen LogP contribution in [0.15, 0.2) is 17.2 Å². The first-order valence-corrected chi connectivity index (χ1v) is 4.43. The van der Waals surface area contributed by atoms with Crippen LogP contribution in [0.25, 0.3) is 0 Å². The van der Waals surface area contributed by atoms with Crippen LogP contribution in [-0.2, 0) is 6.54 Å². The van der Waals surface area contributed by atoms with Gasteiger partial charge in [-0.2, -0.15) is 4.98 Å². The molecule has 1 rings (SSSR count). The molecule has 0 radical (unpaired) electrons. The highest BCUT2D eigenvalue weighted by atomic mass is 16.5. The van der Waals surface area contributed by atoms with Crippen molar-refractivity contribution in [3.63, 3.8) is 0 Å². The summed E-state index contributed by atoms with van der Waals surface area (Å²) in [6.07, 6.45) is 4.05. The molecule has 0 spiro atoms. The number of unbranched alkanes of at least 4 members (excludes halogenated alkanes) is 1. The summed E-state index contributed by atoms with van der Waals surface area (Å²) in [4.78, 5) is 4.07. The molecule has 1 aromatic heterocycles. The van der Waals surface area contributed by atoms with Gasteiger partial charge < -0.3 is 9.84 Å². The molecular weight excluding hydrogens is 166 g/mol. The van der Waals surface area contributed by atoms with Gasteiger partial charge in [0.1, 0.15) is 0 Å². The number of aromatic nitrogens is 2. The molecule has 1 N–H and O–H groups in total. The summed E-state index contributed by atoms with van der Waals surface area (Å²) >= 11 is 0. The fourth-order valence-corrected chi connectivity index (χ4v) is 0.979. The standard InChI is InChI=1S/C9H15N3O/c1-3-4-5-6-10-7-9-11-8(2)12-13-9/h3,10H,1,4-7H2,2H3. The predicted molar refractivity (Wildman–Crippen MR) is 50.2 cm³/mol. The van der Waals surface area contributed by atoms with E-state index in [1.165, 1.54) is 0 Å². The van der Waals surface area contributed by atoms with Gasteiger partial charge >= 0.3 is 0 Å². The molecule has 0 aromatic carbocycles. The van der Waals surface area contributed by atoms with Gasteiger partial charge in [0.2, 0.25) is 5.89 Å². The molecule has 0 saturated carbocycles. The molecule has 0 bridgehead atoms. The van der Waals surface area contributed by atoms with E-state index in [0.717, 1.165) is 19.4 Å². The zero-order valence-electron chi connectivity index (χ0n) is 7.92. The number of aryl methyl sites for hydroxylation is 1. The predicted octanol–water partition coefficient (Wildman–Crippen LogP) is 1.43. The SMILES string of the molecule is C=CCCCNCc1nc(C)no1. The van der Waals surface area contributed by atoms with Gasteiger partial charge in [-0.3, -0.25) is 0 Å². The summed E-state index contributed by atoms with van der Waals surface area (Å²) in [5.41, 5.74) is 0. The van der Waals surface area contributed by atoms with Crippen LogP contribution in [0, 0.1) is 6.92 Å². The Morgan fingerprint density at radius 2 is 2.46 bits per heavy atom. The molecule has 0 aliphatic carbocycles. The fourth-order valence-electron chi connectivity index (χ4n) is 0.979. The highest BCUT2D eigenvalue weighted by molar-refractivity contribution is 4.81. The topological polar surface area (TPSA) is 51.0 Å². The van der Waals surface area contributed by atoms with E-state index in [4.69, 9.17) is 4.52 Å². The van der Waals surface area contributed by atoms with E-state index in [2.05, 4.69) is 22.0 Å². The first kappa shape index (κ1) is 9.92. The smallest absolute Gasteiger partial charge is 0.240 e. The molecule has 0 saturated heterocycles. The average Bonchev–Trinajstić information content (AvgIpc) is 2.51. The van der Waals surface area contributed by atoms with E-state index in [1.807, 2.05) is 13.0 Å². The van der Waals surface area contributed by atoms with Crippen LogP contribution in [0.4, 0.5) is 0 Å². The first-order chi connectivity index (χ1) is 6.33. The molecule has 1 heterocycles. The molecular formula is C9H15N3O. The van der Waals surface area contributed by atoms with Gasteiger partial charge in [0.15, 0.2) is 5.82 Å².